The summed E-state index contributed by atoms with van der Waals surface area (Å²) in [7, 11) is 0. The Kier molecular flexibility index (Phi) is 6.53. The first-order chi connectivity index (χ1) is 16.9. The number of nitrogens with two attached hydrogens (primary N) is 1. The lowest BCUT2D eigenvalue weighted by atomic mass is 9.77. The second-order valence-corrected chi connectivity index (χ2v) is 9.60. The monoisotopic (exact) mass is 479 g/mol. The van der Waals surface area contributed by atoms with Gasteiger partial charge in [0.05, 0.1) is 11.1 Å². The second kappa shape index (κ2) is 9.75. The van der Waals surface area contributed by atoms with Crippen LogP contribution in [0.5, 0.6) is 0 Å². The molecule has 2 heterocycles. The SMILES string of the molecule is NC1(c2ncc(-c3cccc(F)c3)o2)CCCCC1NC1CCCN(c2ccc([N+](=O)[O-])cc2)C1. The Labute approximate surface area is 203 Å². The van der Waals surface area contributed by atoms with E-state index in [2.05, 4.69) is 15.2 Å². The Balaban J connectivity index is 1.31. The molecule has 35 heavy (non-hydrogen) atoms. The van der Waals surface area contributed by atoms with Crippen LogP contribution in [0.25, 0.3) is 11.3 Å². The maximum Gasteiger partial charge on any atom is 0.269 e. The Morgan fingerprint density at radius 3 is 2.77 bits per heavy atom. The van der Waals surface area contributed by atoms with Crippen LogP contribution in [0, 0.1) is 15.9 Å². The van der Waals surface area contributed by atoms with E-state index in [-0.39, 0.29) is 28.5 Å². The highest BCUT2D eigenvalue weighted by Gasteiger charge is 2.44. The molecule has 3 atom stereocenters. The molecule has 1 aliphatic carbocycles. The molecule has 1 saturated heterocycles. The number of nitro benzene ring substituents is 1. The van der Waals surface area contributed by atoms with Crippen LogP contribution in [-0.2, 0) is 5.54 Å². The van der Waals surface area contributed by atoms with Crippen LogP contribution in [0.1, 0.15) is 44.4 Å². The van der Waals surface area contributed by atoms with Gasteiger partial charge >= 0.3 is 0 Å². The number of halogens is 1. The number of nitro groups is 1. The number of hydrogen-bond donors (Lipinski definition) is 2. The van der Waals surface area contributed by atoms with Gasteiger partial charge in [-0.1, -0.05) is 25.0 Å². The third kappa shape index (κ3) is 4.92. The molecule has 1 aromatic heterocycles. The molecular formula is C26H30FN5O3. The van der Waals surface area contributed by atoms with Crippen molar-refractivity contribution < 1.29 is 13.7 Å². The van der Waals surface area contributed by atoms with Crippen molar-refractivity contribution in [3.05, 3.63) is 76.6 Å². The zero-order valence-electron chi connectivity index (χ0n) is 19.5. The van der Waals surface area contributed by atoms with Gasteiger partial charge < -0.3 is 20.4 Å². The van der Waals surface area contributed by atoms with Gasteiger partial charge in [-0.25, -0.2) is 9.37 Å². The minimum atomic E-state index is -0.751. The molecule has 3 unspecified atom stereocenters. The lowest BCUT2D eigenvalue weighted by Crippen LogP contribution is -2.61. The van der Waals surface area contributed by atoms with Crippen molar-refractivity contribution >= 4 is 11.4 Å². The van der Waals surface area contributed by atoms with E-state index in [4.69, 9.17) is 10.2 Å². The first kappa shape index (κ1) is 23.4. The zero-order valence-corrected chi connectivity index (χ0v) is 19.5. The highest BCUT2D eigenvalue weighted by atomic mass is 19.1. The summed E-state index contributed by atoms with van der Waals surface area (Å²) in [5.41, 5.74) is 7.95. The number of aromatic nitrogens is 1. The summed E-state index contributed by atoms with van der Waals surface area (Å²) >= 11 is 0. The van der Waals surface area contributed by atoms with E-state index in [1.54, 1.807) is 30.5 Å². The predicted octanol–water partition coefficient (Wildman–Crippen LogP) is 4.74. The summed E-state index contributed by atoms with van der Waals surface area (Å²) in [6.45, 7) is 1.70. The van der Waals surface area contributed by atoms with Crippen molar-refractivity contribution in [1.82, 2.24) is 10.3 Å². The van der Waals surface area contributed by atoms with E-state index in [1.807, 2.05) is 12.1 Å². The number of rotatable bonds is 6. The van der Waals surface area contributed by atoms with Crippen LogP contribution in [0.3, 0.4) is 0 Å². The number of oxazole rings is 1. The van der Waals surface area contributed by atoms with Gasteiger partial charge in [0.25, 0.3) is 5.69 Å². The van der Waals surface area contributed by atoms with E-state index >= 15 is 0 Å². The number of benzene rings is 2. The maximum absolute atomic E-state index is 13.7. The Bertz CT molecular complexity index is 1180. The fourth-order valence-electron chi connectivity index (χ4n) is 5.37. The largest absolute Gasteiger partial charge is 0.439 e. The van der Waals surface area contributed by atoms with Gasteiger partial charge in [0.2, 0.25) is 5.89 Å². The first-order valence-electron chi connectivity index (χ1n) is 12.2. The molecule has 3 aromatic rings. The number of hydrogen-bond acceptors (Lipinski definition) is 7. The summed E-state index contributed by atoms with van der Waals surface area (Å²) < 4.78 is 19.8. The summed E-state index contributed by atoms with van der Waals surface area (Å²) in [6, 6.07) is 13.2. The van der Waals surface area contributed by atoms with Crippen molar-refractivity contribution in [1.29, 1.82) is 0 Å². The topological polar surface area (TPSA) is 110 Å². The molecule has 2 aliphatic rings. The van der Waals surface area contributed by atoms with Gasteiger partial charge in [0.15, 0.2) is 5.76 Å². The molecule has 2 fully saturated rings. The quantitative estimate of drug-likeness (QED) is 0.388. The first-order valence-corrected chi connectivity index (χ1v) is 12.2. The van der Waals surface area contributed by atoms with Crippen molar-refractivity contribution in [3.63, 3.8) is 0 Å². The highest BCUT2D eigenvalue weighted by Crippen LogP contribution is 2.37. The standard InChI is InChI=1S/C26H30FN5O3/c27-19-6-3-5-18(15-19)23-16-29-25(35-23)26(28)13-2-1-8-24(26)30-20-7-4-14-31(17-20)21-9-11-22(12-10-21)32(33)34/h3,5-6,9-12,15-16,20,24,30H,1-2,4,7-8,13-14,17,28H2. The Hall–Kier alpha value is -3.30. The molecule has 0 spiro atoms. The molecule has 8 nitrogen and oxygen atoms in total. The van der Waals surface area contributed by atoms with Crippen molar-refractivity contribution in [2.24, 2.45) is 5.73 Å². The molecule has 0 amide bonds. The van der Waals surface area contributed by atoms with Crippen LogP contribution in [0.15, 0.2) is 59.1 Å². The van der Waals surface area contributed by atoms with Crippen molar-refractivity contribution in [2.75, 3.05) is 18.0 Å². The van der Waals surface area contributed by atoms with Gasteiger partial charge in [-0.15, -0.1) is 0 Å². The van der Waals surface area contributed by atoms with Crippen LogP contribution in [0.2, 0.25) is 0 Å². The third-order valence-electron chi connectivity index (χ3n) is 7.25. The molecule has 1 aliphatic heterocycles. The Morgan fingerprint density at radius 1 is 1.17 bits per heavy atom. The van der Waals surface area contributed by atoms with Gasteiger partial charge in [-0.05, 0) is 49.9 Å². The number of non-ortho nitro benzene ring substituents is 1. The number of nitrogens with zero attached hydrogens (tertiary/aromatic N) is 3. The molecular weight excluding hydrogens is 449 g/mol. The summed E-state index contributed by atoms with van der Waals surface area (Å²) in [4.78, 5) is 17.4. The average molecular weight is 480 g/mol. The van der Waals surface area contributed by atoms with Gasteiger partial charge in [0.1, 0.15) is 11.4 Å². The lowest BCUT2D eigenvalue weighted by molar-refractivity contribution is -0.384. The van der Waals surface area contributed by atoms with Crippen LogP contribution in [0.4, 0.5) is 15.8 Å². The molecule has 184 valence electrons. The van der Waals surface area contributed by atoms with E-state index in [0.717, 1.165) is 57.3 Å². The fourth-order valence-corrected chi connectivity index (χ4v) is 5.37. The third-order valence-corrected chi connectivity index (χ3v) is 7.25. The summed E-state index contributed by atoms with van der Waals surface area (Å²) in [6.07, 6.45) is 7.41. The van der Waals surface area contributed by atoms with Gasteiger partial charge in [-0.3, -0.25) is 10.1 Å². The van der Waals surface area contributed by atoms with Crippen LogP contribution < -0.4 is 16.0 Å². The molecule has 0 radical (unpaired) electrons. The minimum Gasteiger partial charge on any atom is -0.439 e. The summed E-state index contributed by atoms with van der Waals surface area (Å²) in [5, 5.41) is 14.8. The van der Waals surface area contributed by atoms with E-state index < -0.39 is 5.54 Å². The predicted molar refractivity (Wildman–Crippen MR) is 131 cm³/mol. The van der Waals surface area contributed by atoms with E-state index in [9.17, 15) is 14.5 Å². The number of anilines is 1. The lowest BCUT2D eigenvalue weighted by Gasteiger charge is -2.43. The molecule has 2 aromatic carbocycles. The van der Waals surface area contributed by atoms with Crippen LogP contribution >= 0.6 is 0 Å². The number of nitrogens with one attached hydrogen (secondary N) is 1. The second-order valence-electron chi connectivity index (χ2n) is 9.60. The fraction of sp³-hybridized carbons (Fsp3) is 0.423. The van der Waals surface area contributed by atoms with Gasteiger partial charge in [0, 0.05) is 48.6 Å². The highest BCUT2D eigenvalue weighted by molar-refractivity contribution is 5.56. The molecule has 5 rings (SSSR count). The smallest absolute Gasteiger partial charge is 0.269 e. The van der Waals surface area contributed by atoms with Crippen molar-refractivity contribution in [2.45, 2.75) is 56.1 Å². The zero-order chi connectivity index (χ0) is 24.4. The molecule has 9 heteroatoms. The maximum atomic E-state index is 13.7. The van der Waals surface area contributed by atoms with E-state index in [0.29, 0.717) is 17.2 Å². The number of piperidine rings is 1. The van der Waals surface area contributed by atoms with Crippen LogP contribution in [-0.4, -0.2) is 35.1 Å². The Morgan fingerprint density at radius 2 is 2.00 bits per heavy atom. The molecule has 0 bridgehead atoms. The summed E-state index contributed by atoms with van der Waals surface area (Å²) in [5.74, 6) is 0.669. The van der Waals surface area contributed by atoms with Crippen molar-refractivity contribution in [3.8, 4) is 11.3 Å². The van der Waals surface area contributed by atoms with E-state index in [1.165, 1.54) is 12.1 Å². The minimum absolute atomic E-state index is 0.00271. The normalized spacial score (nSPS) is 24.9. The average Bonchev–Trinajstić information content (AvgIpc) is 3.37. The molecule has 1 saturated carbocycles. The van der Waals surface area contributed by atoms with Gasteiger partial charge in [-0.2, -0.15) is 0 Å². The molecule has 3 N–H and O–H groups in total.